The summed E-state index contributed by atoms with van der Waals surface area (Å²) in [6.07, 6.45) is 3.59. The van der Waals surface area contributed by atoms with E-state index in [9.17, 15) is 0 Å². The Labute approximate surface area is 297 Å². The highest BCUT2D eigenvalue weighted by Crippen LogP contribution is 2.37. The van der Waals surface area contributed by atoms with E-state index in [0.717, 1.165) is 49.7 Å². The average Bonchev–Trinajstić information content (AvgIpc) is 3.77. The Balaban J connectivity index is 1.12. The Morgan fingerprint density at radius 1 is 0.442 bits per heavy atom. The first-order chi connectivity index (χ1) is 25.8. The van der Waals surface area contributed by atoms with Crippen LogP contribution in [0.25, 0.3) is 105 Å². The highest BCUT2D eigenvalue weighted by molar-refractivity contribution is 6.12. The fraction of sp³-hybridized carbons (Fsp3) is 0. The predicted octanol–water partition coefficient (Wildman–Crippen LogP) is 11.6. The number of hydrogen-bond donors (Lipinski definition) is 0. The monoisotopic (exact) mass is 665 g/mol. The summed E-state index contributed by atoms with van der Waals surface area (Å²) in [4.78, 5) is 19.9. The summed E-state index contributed by atoms with van der Waals surface area (Å²) in [6, 6.07) is 52.8. The van der Waals surface area contributed by atoms with Gasteiger partial charge in [-0.2, -0.15) is 0 Å². The lowest BCUT2D eigenvalue weighted by Crippen LogP contribution is -2.01. The van der Waals surface area contributed by atoms with E-state index in [1.54, 1.807) is 6.20 Å². The lowest BCUT2D eigenvalue weighted by molar-refractivity contribution is 0.668. The van der Waals surface area contributed by atoms with Gasteiger partial charge in [-0.1, -0.05) is 97.1 Å². The van der Waals surface area contributed by atoms with E-state index in [1.807, 2.05) is 30.5 Å². The molecule has 4 heterocycles. The van der Waals surface area contributed by atoms with Gasteiger partial charge >= 0.3 is 0 Å². The van der Waals surface area contributed by atoms with Gasteiger partial charge in [0.1, 0.15) is 11.2 Å². The van der Waals surface area contributed by atoms with Crippen LogP contribution < -0.4 is 0 Å². The molecule has 0 saturated carbocycles. The summed E-state index contributed by atoms with van der Waals surface area (Å²) in [5.74, 6) is 1.76. The number of benzene rings is 7. The largest absolute Gasteiger partial charge is 0.456 e. The van der Waals surface area contributed by atoms with Crippen LogP contribution in [-0.2, 0) is 0 Å². The van der Waals surface area contributed by atoms with Crippen molar-refractivity contribution >= 4 is 65.3 Å². The third-order valence-electron chi connectivity index (χ3n) is 10.1. The molecule has 0 saturated heterocycles. The number of furan rings is 1. The molecule has 0 unspecified atom stereocenters. The highest BCUT2D eigenvalue weighted by Gasteiger charge is 2.19. The van der Waals surface area contributed by atoms with Crippen LogP contribution in [0, 0.1) is 0 Å². The van der Waals surface area contributed by atoms with Crippen molar-refractivity contribution < 1.29 is 4.42 Å². The van der Waals surface area contributed by atoms with Gasteiger partial charge in [-0.15, -0.1) is 0 Å². The maximum absolute atomic E-state index is 6.23. The second kappa shape index (κ2) is 11.2. The minimum absolute atomic E-state index is 0.571. The molecular weight excluding hydrogens is 639 g/mol. The molecule has 0 fully saturated rings. The number of rotatable bonds is 4. The van der Waals surface area contributed by atoms with E-state index in [0.29, 0.717) is 17.5 Å². The number of aromatic nitrogens is 5. The predicted molar refractivity (Wildman–Crippen MR) is 211 cm³/mol. The van der Waals surface area contributed by atoms with Crippen molar-refractivity contribution in [2.24, 2.45) is 0 Å². The second-order valence-electron chi connectivity index (χ2n) is 13.1. The quantitative estimate of drug-likeness (QED) is 0.175. The molecule has 4 aromatic heterocycles. The van der Waals surface area contributed by atoms with Crippen molar-refractivity contribution in [3.05, 3.63) is 164 Å². The fourth-order valence-electron chi connectivity index (χ4n) is 7.71. The molecule has 0 radical (unpaired) electrons. The number of nitrogens with zero attached hydrogens (tertiary/aromatic N) is 5. The SMILES string of the molecule is c1ccc2c(c1)ccc1ccc(-c3nc(-c4ccc(-n5c6ccccc6c6ccccc65)cc4)nc(-c4cccc5oc6ccncc6c45)n3)cc12. The van der Waals surface area contributed by atoms with Crippen molar-refractivity contribution in [3.8, 4) is 39.9 Å². The minimum atomic E-state index is 0.571. The van der Waals surface area contributed by atoms with Gasteiger partial charge in [0.05, 0.1) is 11.0 Å². The van der Waals surface area contributed by atoms with Crippen LogP contribution in [0.3, 0.4) is 0 Å². The normalized spacial score (nSPS) is 11.8. The Bertz CT molecular complexity index is 3140. The molecule has 0 N–H and O–H groups in total. The van der Waals surface area contributed by atoms with Crippen LogP contribution in [0.5, 0.6) is 0 Å². The van der Waals surface area contributed by atoms with Gasteiger partial charge in [-0.3, -0.25) is 4.98 Å². The summed E-state index contributed by atoms with van der Waals surface area (Å²) < 4.78 is 8.55. The van der Waals surface area contributed by atoms with Crippen LogP contribution in [0.15, 0.2) is 168 Å². The smallest absolute Gasteiger partial charge is 0.164 e. The van der Waals surface area contributed by atoms with Crippen molar-refractivity contribution in [3.63, 3.8) is 0 Å². The van der Waals surface area contributed by atoms with E-state index in [2.05, 4.69) is 137 Å². The summed E-state index contributed by atoms with van der Waals surface area (Å²) in [5.41, 5.74) is 7.61. The zero-order valence-corrected chi connectivity index (χ0v) is 27.7. The van der Waals surface area contributed by atoms with Gasteiger partial charge < -0.3 is 8.98 Å². The van der Waals surface area contributed by atoms with E-state index >= 15 is 0 Å². The first-order valence-electron chi connectivity index (χ1n) is 17.3. The molecule has 0 aliphatic carbocycles. The molecule has 0 spiro atoms. The lowest BCUT2D eigenvalue weighted by atomic mass is 10.00. The first kappa shape index (κ1) is 28.6. The molecule has 7 aromatic carbocycles. The number of para-hydroxylation sites is 2. The third kappa shape index (κ3) is 4.38. The van der Waals surface area contributed by atoms with Crippen molar-refractivity contribution in [1.29, 1.82) is 0 Å². The summed E-state index contributed by atoms with van der Waals surface area (Å²) in [5, 5.41) is 9.02. The Kier molecular flexibility index (Phi) is 6.15. The summed E-state index contributed by atoms with van der Waals surface area (Å²) in [7, 11) is 0. The van der Waals surface area contributed by atoms with E-state index in [4.69, 9.17) is 19.4 Å². The van der Waals surface area contributed by atoms with Gasteiger partial charge in [0.15, 0.2) is 17.5 Å². The molecule has 242 valence electrons. The van der Waals surface area contributed by atoms with Crippen LogP contribution >= 0.6 is 0 Å². The van der Waals surface area contributed by atoms with Gasteiger partial charge in [0.2, 0.25) is 0 Å². The Hall–Kier alpha value is -7.18. The third-order valence-corrected chi connectivity index (χ3v) is 10.1. The molecule has 11 aromatic rings. The van der Waals surface area contributed by atoms with Gasteiger partial charge in [0, 0.05) is 56.3 Å². The molecule has 0 atom stereocenters. The second-order valence-corrected chi connectivity index (χ2v) is 13.1. The zero-order valence-electron chi connectivity index (χ0n) is 27.7. The van der Waals surface area contributed by atoms with Crippen LogP contribution in [0.1, 0.15) is 0 Å². The van der Waals surface area contributed by atoms with Crippen LogP contribution in [0.2, 0.25) is 0 Å². The van der Waals surface area contributed by atoms with E-state index in [1.165, 1.54) is 38.0 Å². The number of pyridine rings is 1. The van der Waals surface area contributed by atoms with Crippen molar-refractivity contribution in [2.45, 2.75) is 0 Å². The van der Waals surface area contributed by atoms with Crippen LogP contribution in [-0.4, -0.2) is 24.5 Å². The van der Waals surface area contributed by atoms with Gasteiger partial charge in [0.25, 0.3) is 0 Å². The van der Waals surface area contributed by atoms with Gasteiger partial charge in [-0.05, 0) is 76.1 Å². The molecule has 52 heavy (non-hydrogen) atoms. The maximum atomic E-state index is 6.23. The average molecular weight is 666 g/mol. The molecule has 6 nitrogen and oxygen atoms in total. The zero-order chi connectivity index (χ0) is 34.2. The number of fused-ring (bicyclic) bond motifs is 9. The molecule has 0 aliphatic heterocycles. The first-order valence-corrected chi connectivity index (χ1v) is 17.3. The molecular formula is C46H27N5O. The Morgan fingerprint density at radius 2 is 1.08 bits per heavy atom. The summed E-state index contributed by atoms with van der Waals surface area (Å²) in [6.45, 7) is 0. The highest BCUT2D eigenvalue weighted by atomic mass is 16.3. The molecule has 0 bridgehead atoms. The topological polar surface area (TPSA) is 69.6 Å². The molecule has 0 aliphatic rings. The van der Waals surface area contributed by atoms with Crippen molar-refractivity contribution in [1.82, 2.24) is 24.5 Å². The van der Waals surface area contributed by atoms with Crippen molar-refractivity contribution in [2.75, 3.05) is 0 Å². The standard InChI is InChI=1S/C46H27N5O/c1-2-9-33-28(8-1)16-17-29-18-19-31(26-37(29)33)45-48-44(49-46(50-45)36-12-7-15-42-43(36)38-27-47-25-24-41(38)52-42)30-20-22-32(23-21-30)51-39-13-5-3-10-34(39)35-11-4-6-14-40(35)51/h1-27H. The number of hydrogen-bond acceptors (Lipinski definition) is 5. The molecule has 6 heteroatoms. The Morgan fingerprint density at radius 3 is 1.87 bits per heavy atom. The fourth-order valence-corrected chi connectivity index (χ4v) is 7.71. The summed E-state index contributed by atoms with van der Waals surface area (Å²) >= 11 is 0. The lowest BCUT2D eigenvalue weighted by Gasteiger charge is -2.12. The van der Waals surface area contributed by atoms with Gasteiger partial charge in [-0.25, -0.2) is 15.0 Å². The van der Waals surface area contributed by atoms with E-state index < -0.39 is 0 Å². The maximum Gasteiger partial charge on any atom is 0.164 e. The molecule has 0 amide bonds. The van der Waals surface area contributed by atoms with E-state index in [-0.39, 0.29) is 0 Å². The molecule has 11 rings (SSSR count). The van der Waals surface area contributed by atoms with Crippen LogP contribution in [0.4, 0.5) is 0 Å². The minimum Gasteiger partial charge on any atom is -0.456 e.